The molecule has 0 aromatic rings. The summed E-state index contributed by atoms with van der Waals surface area (Å²) in [6.07, 6.45) is 43.8. The Morgan fingerprint density at radius 1 is 0.500 bits per heavy atom. The second kappa shape index (κ2) is 38.3. The van der Waals surface area contributed by atoms with Crippen LogP contribution in [0.3, 0.4) is 0 Å². The molecule has 0 aliphatic rings. The fraction of sp³-hybridized carbons (Fsp3) is 0.976. The third-order valence-corrected chi connectivity index (χ3v) is 10.8. The molecule has 2 atom stereocenters. The van der Waals surface area contributed by atoms with Gasteiger partial charge in [0.05, 0.1) is 18.8 Å². The summed E-state index contributed by atoms with van der Waals surface area (Å²) in [5.74, 6) is -0.188. The van der Waals surface area contributed by atoms with Gasteiger partial charge in [0, 0.05) is 6.42 Å². The van der Waals surface area contributed by atoms with E-state index in [-0.39, 0.29) is 5.91 Å². The van der Waals surface area contributed by atoms with E-state index in [1.54, 1.807) is 0 Å². The highest BCUT2D eigenvalue weighted by Crippen LogP contribution is 2.36. The van der Waals surface area contributed by atoms with Crippen molar-refractivity contribution in [1.82, 2.24) is 5.32 Å². The van der Waals surface area contributed by atoms with Crippen molar-refractivity contribution in [2.45, 2.75) is 257 Å². The summed E-state index contributed by atoms with van der Waals surface area (Å²) in [7, 11) is -4.69. The van der Waals surface area contributed by atoms with Crippen LogP contribution in [0, 0.1) is 0 Å². The molecule has 0 aromatic heterocycles. The van der Waals surface area contributed by atoms with E-state index in [1.807, 2.05) is 0 Å². The number of aliphatic hydroxyl groups excluding tert-OH is 1. The van der Waals surface area contributed by atoms with Crippen molar-refractivity contribution in [2.24, 2.45) is 0 Å². The molecule has 50 heavy (non-hydrogen) atoms. The van der Waals surface area contributed by atoms with E-state index in [1.165, 1.54) is 180 Å². The van der Waals surface area contributed by atoms with Crippen molar-refractivity contribution in [3.63, 3.8) is 0 Å². The molecule has 0 rings (SSSR count). The molecule has 0 aliphatic heterocycles. The summed E-state index contributed by atoms with van der Waals surface area (Å²) in [6, 6.07) is -0.817. The van der Waals surface area contributed by atoms with Crippen LogP contribution in [0.2, 0.25) is 0 Å². The molecular formula is C42H86NO6P. The summed E-state index contributed by atoms with van der Waals surface area (Å²) in [5.41, 5.74) is 0. The number of phosphoric ester groups is 1. The normalized spacial score (nSPS) is 13.1. The van der Waals surface area contributed by atoms with Crippen LogP contribution in [0.15, 0.2) is 0 Å². The number of phosphoric acid groups is 1. The molecule has 0 fully saturated rings. The third kappa shape index (κ3) is 38.8. The Morgan fingerprint density at radius 2 is 0.780 bits per heavy atom. The lowest BCUT2D eigenvalue weighted by Crippen LogP contribution is -2.46. The lowest BCUT2D eigenvalue weighted by molar-refractivity contribution is -0.123. The molecule has 0 unspecified atom stereocenters. The van der Waals surface area contributed by atoms with Crippen LogP contribution >= 0.6 is 7.82 Å². The maximum Gasteiger partial charge on any atom is 0.469 e. The molecule has 300 valence electrons. The van der Waals surface area contributed by atoms with Gasteiger partial charge in [0.1, 0.15) is 0 Å². The average molecular weight is 732 g/mol. The predicted octanol–water partition coefficient (Wildman–Crippen LogP) is 13.0. The summed E-state index contributed by atoms with van der Waals surface area (Å²) >= 11 is 0. The molecule has 0 aromatic carbocycles. The van der Waals surface area contributed by atoms with Gasteiger partial charge in [0.2, 0.25) is 5.91 Å². The first-order valence-corrected chi connectivity index (χ1v) is 23.5. The van der Waals surface area contributed by atoms with Crippen molar-refractivity contribution in [2.75, 3.05) is 6.61 Å². The zero-order valence-electron chi connectivity index (χ0n) is 33.3. The van der Waals surface area contributed by atoms with Crippen molar-refractivity contribution < 1.29 is 28.8 Å². The molecule has 1 amide bonds. The van der Waals surface area contributed by atoms with Crippen LogP contribution in [-0.2, 0) is 13.9 Å². The van der Waals surface area contributed by atoms with Crippen molar-refractivity contribution >= 4 is 13.7 Å². The zero-order valence-corrected chi connectivity index (χ0v) is 34.2. The van der Waals surface area contributed by atoms with Gasteiger partial charge < -0.3 is 20.2 Å². The number of hydrogen-bond acceptors (Lipinski definition) is 4. The first-order valence-electron chi connectivity index (χ1n) is 22.0. The Balaban J connectivity index is 3.83. The van der Waals surface area contributed by atoms with Gasteiger partial charge in [-0.1, -0.05) is 226 Å². The van der Waals surface area contributed by atoms with E-state index in [4.69, 9.17) is 9.79 Å². The molecule has 0 aliphatic carbocycles. The largest absolute Gasteiger partial charge is 0.469 e. The minimum absolute atomic E-state index is 0.188. The van der Waals surface area contributed by atoms with Gasteiger partial charge in [-0.15, -0.1) is 0 Å². The fourth-order valence-electron chi connectivity index (χ4n) is 7.00. The van der Waals surface area contributed by atoms with E-state index in [0.29, 0.717) is 12.8 Å². The van der Waals surface area contributed by atoms with Crippen molar-refractivity contribution in [3.05, 3.63) is 0 Å². The lowest BCUT2D eigenvalue weighted by atomic mass is 10.0. The highest BCUT2D eigenvalue weighted by atomic mass is 31.2. The quantitative estimate of drug-likeness (QED) is 0.0367. The monoisotopic (exact) mass is 732 g/mol. The number of hydrogen-bond donors (Lipinski definition) is 4. The zero-order chi connectivity index (χ0) is 36.8. The molecule has 4 N–H and O–H groups in total. The van der Waals surface area contributed by atoms with E-state index in [9.17, 15) is 14.5 Å². The number of unbranched alkanes of at least 4 members (excludes halogenated alkanes) is 32. The number of nitrogens with one attached hydrogen (secondary N) is 1. The average Bonchev–Trinajstić information content (AvgIpc) is 3.08. The number of rotatable bonds is 41. The third-order valence-electron chi connectivity index (χ3n) is 10.3. The van der Waals surface area contributed by atoms with Crippen LogP contribution in [0.1, 0.15) is 245 Å². The van der Waals surface area contributed by atoms with E-state index >= 15 is 0 Å². The number of carbonyl (C=O) groups excluding carboxylic acids is 1. The molecule has 0 saturated heterocycles. The van der Waals surface area contributed by atoms with Gasteiger partial charge in [-0.25, -0.2) is 4.57 Å². The first kappa shape index (κ1) is 49.5. The molecule has 0 heterocycles. The van der Waals surface area contributed by atoms with Crippen LogP contribution in [0.25, 0.3) is 0 Å². The van der Waals surface area contributed by atoms with Crippen molar-refractivity contribution in [3.8, 4) is 0 Å². The van der Waals surface area contributed by atoms with E-state index < -0.39 is 26.6 Å². The molecule has 7 nitrogen and oxygen atoms in total. The summed E-state index contributed by atoms with van der Waals surface area (Å²) in [6.45, 7) is 4.14. The predicted molar refractivity (Wildman–Crippen MR) is 213 cm³/mol. The number of aliphatic hydroxyl groups is 1. The fourth-order valence-corrected chi connectivity index (χ4v) is 7.35. The van der Waals surface area contributed by atoms with Gasteiger partial charge in [-0.3, -0.25) is 9.32 Å². The number of amides is 1. The smallest absolute Gasteiger partial charge is 0.391 e. The summed E-state index contributed by atoms with van der Waals surface area (Å²) in [5, 5.41) is 13.5. The van der Waals surface area contributed by atoms with Crippen LogP contribution in [0.4, 0.5) is 0 Å². The van der Waals surface area contributed by atoms with Gasteiger partial charge in [0.25, 0.3) is 0 Å². The molecular weight excluding hydrogens is 645 g/mol. The summed E-state index contributed by atoms with van der Waals surface area (Å²) < 4.78 is 16.0. The summed E-state index contributed by atoms with van der Waals surface area (Å²) in [4.78, 5) is 30.9. The Morgan fingerprint density at radius 3 is 1.08 bits per heavy atom. The van der Waals surface area contributed by atoms with E-state index in [2.05, 4.69) is 23.7 Å². The van der Waals surface area contributed by atoms with Crippen LogP contribution in [-0.4, -0.2) is 39.6 Å². The SMILES string of the molecule is CCCCCCCCCCCCCCCCCCCCCCC(=O)N[C@@H](COP(=O)(O)O)[C@H](O)CCCCCCCCCCCCCCCC. The van der Waals surface area contributed by atoms with E-state index in [0.717, 1.165) is 38.5 Å². The highest BCUT2D eigenvalue weighted by Gasteiger charge is 2.25. The number of carbonyl (C=O) groups is 1. The Bertz CT molecular complexity index is 748. The van der Waals surface area contributed by atoms with Gasteiger partial charge in [-0.05, 0) is 12.8 Å². The molecule has 0 bridgehead atoms. The van der Waals surface area contributed by atoms with Crippen molar-refractivity contribution in [1.29, 1.82) is 0 Å². The van der Waals surface area contributed by atoms with Gasteiger partial charge in [0.15, 0.2) is 0 Å². The Kier molecular flexibility index (Phi) is 37.9. The second-order valence-electron chi connectivity index (χ2n) is 15.4. The Hall–Kier alpha value is -0.460. The minimum atomic E-state index is -4.69. The van der Waals surface area contributed by atoms with Gasteiger partial charge >= 0.3 is 7.82 Å². The molecule has 0 spiro atoms. The molecule has 0 radical (unpaired) electrons. The van der Waals surface area contributed by atoms with Crippen LogP contribution < -0.4 is 5.32 Å². The lowest BCUT2D eigenvalue weighted by Gasteiger charge is -2.24. The second-order valence-corrected chi connectivity index (χ2v) is 16.6. The topological polar surface area (TPSA) is 116 Å². The maximum atomic E-state index is 12.6. The Labute approximate surface area is 310 Å². The highest BCUT2D eigenvalue weighted by molar-refractivity contribution is 7.46. The minimum Gasteiger partial charge on any atom is -0.391 e. The van der Waals surface area contributed by atoms with Gasteiger partial charge in [-0.2, -0.15) is 0 Å². The van der Waals surface area contributed by atoms with Crippen LogP contribution in [0.5, 0.6) is 0 Å². The standard InChI is InChI=1S/C42H86NO6P/c1-3-5-7-9-11-13-15-17-19-20-21-22-23-24-26-28-30-32-34-36-38-42(45)43-40(39-49-50(46,47)48)41(44)37-35-33-31-29-27-25-18-16-14-12-10-8-6-4-2/h40-41,44H,3-39H2,1-2H3,(H,43,45)(H2,46,47,48)/t40-,41+/m0/s1. The molecule has 0 saturated carbocycles. The first-order chi connectivity index (χ1) is 24.3. The maximum absolute atomic E-state index is 12.6. The molecule has 8 heteroatoms.